The smallest absolute Gasteiger partial charge is 0.356 e. The van der Waals surface area contributed by atoms with Gasteiger partial charge in [-0.15, -0.1) is 35.3 Å². The molecule has 9 heteroatoms. The van der Waals surface area contributed by atoms with E-state index < -0.39 is 11.9 Å². The standard InChI is InChI=1S/C13H19F3N4S.HI/c1-3-4-5-7-18-12(17-2)19-8-6-11-20-10(9-21-11)13(14,15)16;/h3-4,9H,5-8H2,1-2H3,(H2,17,18,19);1H. The summed E-state index contributed by atoms with van der Waals surface area (Å²) in [7, 11) is 1.65. The number of halogens is 4. The van der Waals surface area contributed by atoms with Crippen LogP contribution in [-0.4, -0.2) is 31.1 Å². The lowest BCUT2D eigenvalue weighted by molar-refractivity contribution is -0.140. The van der Waals surface area contributed by atoms with Crippen molar-refractivity contribution in [3.05, 3.63) is 28.2 Å². The molecule has 0 unspecified atom stereocenters. The minimum Gasteiger partial charge on any atom is -0.356 e. The van der Waals surface area contributed by atoms with Crippen molar-refractivity contribution in [1.29, 1.82) is 0 Å². The van der Waals surface area contributed by atoms with Crippen LogP contribution in [0.15, 0.2) is 22.5 Å². The number of aliphatic imine (C=N–C) groups is 1. The fourth-order valence-corrected chi connectivity index (χ4v) is 2.31. The lowest BCUT2D eigenvalue weighted by atomic mass is 10.4. The number of allylic oxidation sites excluding steroid dienone is 1. The Morgan fingerprint density at radius 2 is 2.05 bits per heavy atom. The van der Waals surface area contributed by atoms with Gasteiger partial charge in [-0.05, 0) is 13.3 Å². The van der Waals surface area contributed by atoms with Crippen LogP contribution in [0.3, 0.4) is 0 Å². The Morgan fingerprint density at radius 1 is 1.36 bits per heavy atom. The number of nitrogens with one attached hydrogen (secondary N) is 2. The first-order valence-corrected chi connectivity index (χ1v) is 7.42. The van der Waals surface area contributed by atoms with Gasteiger partial charge in [-0.3, -0.25) is 4.99 Å². The molecule has 1 heterocycles. The van der Waals surface area contributed by atoms with Gasteiger partial charge in [0.1, 0.15) is 0 Å². The molecule has 126 valence electrons. The molecule has 1 aromatic heterocycles. The van der Waals surface area contributed by atoms with Gasteiger partial charge in [0.2, 0.25) is 0 Å². The first-order chi connectivity index (χ1) is 9.97. The summed E-state index contributed by atoms with van der Waals surface area (Å²) in [5.41, 5.74) is -0.823. The zero-order valence-corrected chi connectivity index (χ0v) is 15.6. The van der Waals surface area contributed by atoms with Crippen molar-refractivity contribution < 1.29 is 13.2 Å². The van der Waals surface area contributed by atoms with Crippen LogP contribution in [0.5, 0.6) is 0 Å². The van der Waals surface area contributed by atoms with Crippen LogP contribution in [-0.2, 0) is 12.6 Å². The molecule has 0 aromatic carbocycles. The van der Waals surface area contributed by atoms with Crippen molar-refractivity contribution >= 4 is 41.3 Å². The predicted molar refractivity (Wildman–Crippen MR) is 95.0 cm³/mol. The minimum absolute atomic E-state index is 0. The van der Waals surface area contributed by atoms with Crippen LogP contribution < -0.4 is 10.6 Å². The van der Waals surface area contributed by atoms with Gasteiger partial charge in [-0.2, -0.15) is 13.2 Å². The average Bonchev–Trinajstić information content (AvgIpc) is 2.90. The molecule has 0 atom stereocenters. The maximum absolute atomic E-state index is 12.4. The molecule has 22 heavy (non-hydrogen) atoms. The number of hydrogen-bond donors (Lipinski definition) is 2. The SMILES string of the molecule is CC=CCCNC(=NC)NCCc1nc(C(F)(F)F)cs1.I. The van der Waals surface area contributed by atoms with Crippen molar-refractivity contribution in [3.8, 4) is 0 Å². The average molecular weight is 448 g/mol. The summed E-state index contributed by atoms with van der Waals surface area (Å²) in [4.78, 5) is 7.61. The van der Waals surface area contributed by atoms with E-state index in [1.807, 2.05) is 19.1 Å². The Morgan fingerprint density at radius 3 is 2.59 bits per heavy atom. The summed E-state index contributed by atoms with van der Waals surface area (Å²) in [6.07, 6.45) is 0.953. The normalized spacial score (nSPS) is 12.3. The Balaban J connectivity index is 0.00000441. The molecule has 0 aliphatic carbocycles. The first kappa shape index (κ1) is 21.2. The minimum atomic E-state index is -4.37. The van der Waals surface area contributed by atoms with Crippen LogP contribution in [0.1, 0.15) is 24.0 Å². The number of nitrogens with zero attached hydrogens (tertiary/aromatic N) is 2. The number of aromatic nitrogens is 1. The molecule has 0 aliphatic rings. The maximum atomic E-state index is 12.4. The number of hydrogen-bond acceptors (Lipinski definition) is 3. The number of alkyl halides is 3. The topological polar surface area (TPSA) is 49.3 Å². The third-order valence-electron chi connectivity index (χ3n) is 2.54. The highest BCUT2D eigenvalue weighted by Gasteiger charge is 2.33. The van der Waals surface area contributed by atoms with Crippen LogP contribution >= 0.6 is 35.3 Å². The second-order valence-electron chi connectivity index (χ2n) is 4.16. The van der Waals surface area contributed by atoms with Gasteiger partial charge in [0.25, 0.3) is 0 Å². The molecule has 0 saturated carbocycles. The van der Waals surface area contributed by atoms with Crippen molar-refractivity contribution in [1.82, 2.24) is 15.6 Å². The van der Waals surface area contributed by atoms with E-state index in [1.54, 1.807) is 7.05 Å². The third-order valence-corrected chi connectivity index (χ3v) is 3.44. The van der Waals surface area contributed by atoms with Crippen molar-refractivity contribution in [3.63, 3.8) is 0 Å². The van der Waals surface area contributed by atoms with Crippen LogP contribution in [0.25, 0.3) is 0 Å². The largest absolute Gasteiger partial charge is 0.434 e. The van der Waals surface area contributed by atoms with E-state index >= 15 is 0 Å². The zero-order chi connectivity index (χ0) is 15.7. The molecular formula is C13H20F3IN4S. The fourth-order valence-electron chi connectivity index (χ4n) is 1.50. The number of thiazole rings is 1. The summed E-state index contributed by atoms with van der Waals surface area (Å²) in [5.74, 6) is 0.632. The summed E-state index contributed by atoms with van der Waals surface area (Å²) in [6.45, 7) is 3.18. The molecular weight excluding hydrogens is 428 g/mol. The molecule has 0 saturated heterocycles. The number of guanidine groups is 1. The predicted octanol–water partition coefficient (Wildman–Crippen LogP) is 3.45. The Kier molecular flexibility index (Phi) is 10.4. The molecule has 2 N–H and O–H groups in total. The highest BCUT2D eigenvalue weighted by Crippen LogP contribution is 2.29. The zero-order valence-electron chi connectivity index (χ0n) is 12.4. The van der Waals surface area contributed by atoms with Gasteiger partial charge in [0.05, 0.1) is 5.01 Å². The highest BCUT2D eigenvalue weighted by atomic mass is 127. The number of rotatable bonds is 6. The molecule has 0 amide bonds. The Bertz CT molecular complexity index is 486. The lowest BCUT2D eigenvalue weighted by Gasteiger charge is -2.10. The summed E-state index contributed by atoms with van der Waals surface area (Å²) in [5, 5.41) is 7.65. The monoisotopic (exact) mass is 448 g/mol. The van der Waals surface area contributed by atoms with Gasteiger partial charge in [-0.1, -0.05) is 12.2 Å². The molecule has 4 nitrogen and oxygen atoms in total. The molecule has 0 spiro atoms. The van der Waals surface area contributed by atoms with Crippen LogP contribution in [0, 0.1) is 0 Å². The Labute approximate surface area is 149 Å². The summed E-state index contributed by atoms with van der Waals surface area (Å²) in [6, 6.07) is 0. The lowest BCUT2D eigenvalue weighted by Crippen LogP contribution is -2.38. The quantitative estimate of drug-likeness (QED) is 0.231. The van der Waals surface area contributed by atoms with E-state index in [2.05, 4.69) is 20.6 Å². The van der Waals surface area contributed by atoms with E-state index in [4.69, 9.17) is 0 Å². The summed E-state index contributed by atoms with van der Waals surface area (Å²) < 4.78 is 37.2. The van der Waals surface area contributed by atoms with Crippen molar-refractivity contribution in [2.75, 3.05) is 20.1 Å². The second-order valence-corrected chi connectivity index (χ2v) is 5.10. The third kappa shape index (κ3) is 7.97. The van der Waals surface area contributed by atoms with E-state index in [0.29, 0.717) is 23.9 Å². The summed E-state index contributed by atoms with van der Waals surface area (Å²) >= 11 is 1.02. The molecule has 0 fully saturated rings. The van der Waals surface area contributed by atoms with E-state index in [0.717, 1.165) is 29.7 Å². The van der Waals surface area contributed by atoms with E-state index in [9.17, 15) is 13.2 Å². The maximum Gasteiger partial charge on any atom is 0.434 e. The van der Waals surface area contributed by atoms with Crippen LogP contribution in [0.4, 0.5) is 13.2 Å². The molecule has 0 bridgehead atoms. The van der Waals surface area contributed by atoms with Gasteiger partial charge < -0.3 is 10.6 Å². The molecule has 1 aromatic rings. The van der Waals surface area contributed by atoms with E-state index in [1.165, 1.54) is 0 Å². The van der Waals surface area contributed by atoms with Crippen LogP contribution in [0.2, 0.25) is 0 Å². The van der Waals surface area contributed by atoms with E-state index in [-0.39, 0.29) is 24.0 Å². The second kappa shape index (κ2) is 10.8. The van der Waals surface area contributed by atoms with Gasteiger partial charge in [0, 0.05) is 31.9 Å². The Hall–Kier alpha value is -0.840. The van der Waals surface area contributed by atoms with Gasteiger partial charge in [0.15, 0.2) is 11.7 Å². The molecule has 0 aliphatic heterocycles. The highest BCUT2D eigenvalue weighted by molar-refractivity contribution is 14.0. The van der Waals surface area contributed by atoms with Crippen molar-refractivity contribution in [2.24, 2.45) is 4.99 Å². The molecule has 0 radical (unpaired) electrons. The fraction of sp³-hybridized carbons (Fsp3) is 0.538. The molecule has 1 rings (SSSR count). The van der Waals surface area contributed by atoms with Gasteiger partial charge >= 0.3 is 6.18 Å². The van der Waals surface area contributed by atoms with Gasteiger partial charge in [-0.25, -0.2) is 4.98 Å². The van der Waals surface area contributed by atoms with Crippen molar-refractivity contribution in [2.45, 2.75) is 25.9 Å². The first-order valence-electron chi connectivity index (χ1n) is 6.54.